The van der Waals surface area contributed by atoms with Gasteiger partial charge in [-0.05, 0) is 65.2 Å². The van der Waals surface area contributed by atoms with Gasteiger partial charge < -0.3 is 9.47 Å². The molecule has 0 aliphatic heterocycles. The molecule has 4 aromatic rings. The van der Waals surface area contributed by atoms with Gasteiger partial charge in [0.25, 0.3) is 5.91 Å². The molecule has 0 unspecified atom stereocenters. The Morgan fingerprint density at radius 2 is 1.66 bits per heavy atom. The van der Waals surface area contributed by atoms with Crippen molar-refractivity contribution in [2.24, 2.45) is 5.10 Å². The highest BCUT2D eigenvalue weighted by atomic mass is 16.5. The van der Waals surface area contributed by atoms with Gasteiger partial charge in [0.15, 0.2) is 0 Å². The van der Waals surface area contributed by atoms with Crippen LogP contribution in [-0.2, 0) is 6.61 Å². The number of hydrogen-bond acceptors (Lipinski definition) is 4. The molecule has 0 bridgehead atoms. The lowest BCUT2D eigenvalue weighted by molar-refractivity contribution is 0.0955. The molecule has 0 spiro atoms. The zero-order valence-corrected chi connectivity index (χ0v) is 17.8. The molecule has 4 aromatic carbocycles. The van der Waals surface area contributed by atoms with E-state index in [4.69, 9.17) is 9.47 Å². The first-order valence-corrected chi connectivity index (χ1v) is 10.5. The van der Waals surface area contributed by atoms with E-state index in [-0.39, 0.29) is 5.91 Å². The molecule has 32 heavy (non-hydrogen) atoms. The van der Waals surface area contributed by atoms with Crippen LogP contribution in [0.15, 0.2) is 96.1 Å². The molecule has 0 saturated carbocycles. The van der Waals surface area contributed by atoms with E-state index in [1.54, 1.807) is 30.5 Å². The molecule has 0 atom stereocenters. The maximum Gasteiger partial charge on any atom is 0.271 e. The van der Waals surface area contributed by atoms with Gasteiger partial charge in [-0.1, -0.05) is 54.6 Å². The molecule has 5 heteroatoms. The monoisotopic (exact) mass is 424 g/mol. The molecule has 0 aliphatic rings. The van der Waals surface area contributed by atoms with Crippen molar-refractivity contribution >= 4 is 22.9 Å². The molecule has 4 rings (SSSR count). The van der Waals surface area contributed by atoms with Crippen LogP contribution in [-0.4, -0.2) is 18.7 Å². The highest BCUT2D eigenvalue weighted by Crippen LogP contribution is 2.21. The van der Waals surface area contributed by atoms with E-state index in [9.17, 15) is 4.79 Å². The Morgan fingerprint density at radius 3 is 2.50 bits per heavy atom. The Kier molecular flexibility index (Phi) is 6.78. The van der Waals surface area contributed by atoms with E-state index in [0.717, 1.165) is 22.6 Å². The number of hydrogen-bond donors (Lipinski definition) is 1. The van der Waals surface area contributed by atoms with Gasteiger partial charge in [0.05, 0.1) is 12.8 Å². The van der Waals surface area contributed by atoms with Gasteiger partial charge in [0.2, 0.25) is 0 Å². The van der Waals surface area contributed by atoms with Crippen LogP contribution in [0.1, 0.15) is 28.4 Å². The number of hydrazone groups is 1. The minimum absolute atomic E-state index is 0.285. The van der Waals surface area contributed by atoms with Crippen molar-refractivity contribution in [3.8, 4) is 11.5 Å². The van der Waals surface area contributed by atoms with E-state index in [0.29, 0.717) is 18.8 Å². The largest absolute Gasteiger partial charge is 0.494 e. The molecule has 0 aromatic heterocycles. The minimum Gasteiger partial charge on any atom is -0.494 e. The molecule has 0 aliphatic carbocycles. The topological polar surface area (TPSA) is 59.9 Å². The summed E-state index contributed by atoms with van der Waals surface area (Å²) < 4.78 is 11.4. The van der Waals surface area contributed by atoms with Crippen molar-refractivity contribution in [1.29, 1.82) is 0 Å². The van der Waals surface area contributed by atoms with Crippen LogP contribution < -0.4 is 14.9 Å². The zero-order valence-electron chi connectivity index (χ0n) is 17.8. The average molecular weight is 425 g/mol. The molecule has 1 amide bonds. The fourth-order valence-corrected chi connectivity index (χ4v) is 3.36. The van der Waals surface area contributed by atoms with Gasteiger partial charge in [-0.15, -0.1) is 0 Å². The van der Waals surface area contributed by atoms with Crippen LogP contribution >= 0.6 is 0 Å². The summed E-state index contributed by atoms with van der Waals surface area (Å²) in [5, 5.41) is 6.44. The van der Waals surface area contributed by atoms with Gasteiger partial charge in [0.1, 0.15) is 18.1 Å². The van der Waals surface area contributed by atoms with Gasteiger partial charge >= 0.3 is 0 Å². The molecule has 5 nitrogen and oxygen atoms in total. The SMILES string of the molecule is CCOc1ccc(C(=O)N/N=C/c2cccc(OCc3cccc4ccccc34)c2)cc1. The standard InChI is InChI=1S/C27H24N2O3/c1-2-31-24-15-13-22(14-16-24)27(30)29-28-18-20-7-5-11-25(17-20)32-19-23-10-6-9-21-8-3-4-12-26(21)23/h3-18H,2,19H2,1H3,(H,29,30)/b28-18+. The molecular weight excluding hydrogens is 400 g/mol. The molecular formula is C27H24N2O3. The molecule has 0 fully saturated rings. The summed E-state index contributed by atoms with van der Waals surface area (Å²) in [5.74, 6) is 1.18. The lowest BCUT2D eigenvalue weighted by Crippen LogP contribution is -2.17. The van der Waals surface area contributed by atoms with Crippen molar-refractivity contribution < 1.29 is 14.3 Å². The first-order valence-electron chi connectivity index (χ1n) is 10.5. The predicted octanol–water partition coefficient (Wildman–Crippen LogP) is 5.58. The number of benzene rings is 4. The van der Waals surface area contributed by atoms with E-state index in [1.165, 1.54) is 10.8 Å². The quantitative estimate of drug-likeness (QED) is 0.297. The lowest BCUT2D eigenvalue weighted by atomic mass is 10.1. The third-order valence-electron chi connectivity index (χ3n) is 4.94. The zero-order chi connectivity index (χ0) is 22.2. The Labute approximate surface area is 187 Å². The molecule has 0 heterocycles. The number of fused-ring (bicyclic) bond motifs is 1. The summed E-state index contributed by atoms with van der Waals surface area (Å²) in [6.07, 6.45) is 1.59. The number of nitrogens with one attached hydrogen (secondary N) is 1. The van der Waals surface area contributed by atoms with Crippen LogP contribution in [0.25, 0.3) is 10.8 Å². The van der Waals surface area contributed by atoms with Crippen LogP contribution in [0.5, 0.6) is 11.5 Å². The fourth-order valence-electron chi connectivity index (χ4n) is 3.36. The highest BCUT2D eigenvalue weighted by Gasteiger charge is 2.05. The number of carbonyl (C=O) groups excluding carboxylic acids is 1. The second kappa shape index (κ2) is 10.3. The summed E-state index contributed by atoms with van der Waals surface area (Å²) in [6, 6.07) is 29.0. The fraction of sp³-hybridized carbons (Fsp3) is 0.111. The summed E-state index contributed by atoms with van der Waals surface area (Å²) in [5.41, 5.74) is 5.01. The number of rotatable bonds is 8. The Morgan fingerprint density at radius 1 is 0.875 bits per heavy atom. The van der Waals surface area contributed by atoms with Gasteiger partial charge in [-0.25, -0.2) is 5.43 Å². The van der Waals surface area contributed by atoms with Gasteiger partial charge in [-0.2, -0.15) is 5.10 Å². The average Bonchev–Trinajstić information content (AvgIpc) is 2.83. The number of nitrogens with zero attached hydrogens (tertiary/aromatic N) is 1. The predicted molar refractivity (Wildman–Crippen MR) is 127 cm³/mol. The summed E-state index contributed by atoms with van der Waals surface area (Å²) in [7, 11) is 0. The van der Waals surface area contributed by atoms with E-state index in [2.05, 4.69) is 34.8 Å². The summed E-state index contributed by atoms with van der Waals surface area (Å²) >= 11 is 0. The van der Waals surface area contributed by atoms with Gasteiger partial charge in [-0.3, -0.25) is 4.79 Å². The molecule has 0 saturated heterocycles. The Hall–Kier alpha value is -4.12. The van der Waals surface area contributed by atoms with Gasteiger partial charge in [0, 0.05) is 5.56 Å². The van der Waals surface area contributed by atoms with Crippen LogP contribution in [0.2, 0.25) is 0 Å². The van der Waals surface area contributed by atoms with Crippen molar-refractivity contribution in [2.45, 2.75) is 13.5 Å². The van der Waals surface area contributed by atoms with Crippen LogP contribution in [0, 0.1) is 0 Å². The number of amides is 1. The van der Waals surface area contributed by atoms with Crippen LogP contribution in [0.3, 0.4) is 0 Å². The van der Waals surface area contributed by atoms with E-state index < -0.39 is 0 Å². The molecule has 1 N–H and O–H groups in total. The van der Waals surface area contributed by atoms with E-state index in [1.807, 2.05) is 49.4 Å². The van der Waals surface area contributed by atoms with Crippen molar-refractivity contribution in [3.63, 3.8) is 0 Å². The summed E-state index contributed by atoms with van der Waals surface area (Å²) in [4.78, 5) is 12.2. The second-order valence-electron chi connectivity index (χ2n) is 7.16. The first-order chi connectivity index (χ1) is 15.7. The number of ether oxygens (including phenoxy) is 2. The maximum absolute atomic E-state index is 12.2. The molecule has 0 radical (unpaired) electrons. The normalized spacial score (nSPS) is 10.9. The van der Waals surface area contributed by atoms with Crippen molar-refractivity contribution in [2.75, 3.05) is 6.61 Å². The van der Waals surface area contributed by atoms with Crippen LogP contribution in [0.4, 0.5) is 0 Å². The number of carbonyl (C=O) groups is 1. The molecule has 160 valence electrons. The Bertz CT molecular complexity index is 1230. The van der Waals surface area contributed by atoms with E-state index >= 15 is 0 Å². The van der Waals surface area contributed by atoms with Crippen molar-refractivity contribution in [1.82, 2.24) is 5.43 Å². The Balaban J connectivity index is 1.36. The first kappa shape index (κ1) is 21.1. The third-order valence-corrected chi connectivity index (χ3v) is 4.94. The maximum atomic E-state index is 12.2. The lowest BCUT2D eigenvalue weighted by Gasteiger charge is -2.09. The summed E-state index contributed by atoms with van der Waals surface area (Å²) in [6.45, 7) is 2.97. The highest BCUT2D eigenvalue weighted by molar-refractivity contribution is 5.95. The second-order valence-corrected chi connectivity index (χ2v) is 7.16. The smallest absolute Gasteiger partial charge is 0.271 e. The minimum atomic E-state index is -0.285. The van der Waals surface area contributed by atoms with Crippen molar-refractivity contribution in [3.05, 3.63) is 108 Å². The third kappa shape index (κ3) is 5.32.